The Kier molecular flexibility index (Phi) is 7.91. The highest BCUT2D eigenvalue weighted by molar-refractivity contribution is 5.94. The van der Waals surface area contributed by atoms with Crippen LogP contribution < -0.4 is 19.6 Å². The fraction of sp³-hybridized carbons (Fsp3) is 0.167. The first-order chi connectivity index (χ1) is 15.6. The number of esters is 1. The number of rotatable bonds is 9. The van der Waals surface area contributed by atoms with Crippen LogP contribution in [0.15, 0.2) is 72.1 Å². The minimum atomic E-state index is -0.515. The second-order valence-electron chi connectivity index (χ2n) is 6.43. The number of nitrogens with one attached hydrogen (secondary N) is 1. The molecule has 8 nitrogen and oxygen atoms in total. The van der Waals surface area contributed by atoms with Gasteiger partial charge >= 0.3 is 5.97 Å². The van der Waals surface area contributed by atoms with Crippen LogP contribution in [-0.2, 0) is 0 Å². The summed E-state index contributed by atoms with van der Waals surface area (Å²) in [6, 6.07) is 15.0. The third kappa shape index (κ3) is 6.15. The number of benzene rings is 2. The number of nitrogens with zero attached hydrogens (tertiary/aromatic N) is 2. The van der Waals surface area contributed by atoms with E-state index in [0.717, 1.165) is 0 Å². The molecule has 0 saturated heterocycles. The van der Waals surface area contributed by atoms with Crippen molar-refractivity contribution in [1.29, 1.82) is 0 Å². The van der Waals surface area contributed by atoms with Crippen LogP contribution in [0.25, 0.3) is 0 Å². The number of ether oxygens (including phenoxy) is 3. The minimum Gasteiger partial charge on any atom is -0.494 e. The maximum atomic E-state index is 12.5. The molecule has 3 aromatic rings. The normalized spacial score (nSPS) is 10.6. The zero-order chi connectivity index (χ0) is 22.8. The van der Waals surface area contributed by atoms with Gasteiger partial charge in [-0.15, -0.1) is 0 Å². The molecule has 0 aliphatic carbocycles. The molecule has 0 radical (unpaired) electrons. The Hall–Kier alpha value is -4.20. The van der Waals surface area contributed by atoms with Gasteiger partial charge in [-0.1, -0.05) is 0 Å². The quantitative estimate of drug-likeness (QED) is 0.238. The van der Waals surface area contributed by atoms with Crippen molar-refractivity contribution in [3.05, 3.63) is 83.7 Å². The molecule has 0 atom stereocenters. The monoisotopic (exact) mass is 433 g/mol. The van der Waals surface area contributed by atoms with Gasteiger partial charge in [-0.05, 0) is 74.0 Å². The lowest BCUT2D eigenvalue weighted by molar-refractivity contribution is 0.0728. The molecule has 1 aromatic heterocycles. The summed E-state index contributed by atoms with van der Waals surface area (Å²) in [5.74, 6) is 0.453. The lowest BCUT2D eigenvalue weighted by atomic mass is 10.2. The molecule has 1 heterocycles. The van der Waals surface area contributed by atoms with Crippen molar-refractivity contribution in [3.63, 3.8) is 0 Å². The predicted molar refractivity (Wildman–Crippen MR) is 119 cm³/mol. The first-order valence-electron chi connectivity index (χ1n) is 10.1. The van der Waals surface area contributed by atoms with Crippen molar-refractivity contribution >= 4 is 18.1 Å². The van der Waals surface area contributed by atoms with Gasteiger partial charge in [-0.2, -0.15) is 5.10 Å². The van der Waals surface area contributed by atoms with Gasteiger partial charge in [0.15, 0.2) is 11.5 Å². The van der Waals surface area contributed by atoms with Gasteiger partial charge in [0, 0.05) is 12.4 Å². The molecule has 8 heteroatoms. The molecule has 0 aliphatic heterocycles. The fourth-order valence-electron chi connectivity index (χ4n) is 2.70. The summed E-state index contributed by atoms with van der Waals surface area (Å²) in [6.45, 7) is 4.64. The van der Waals surface area contributed by atoms with Crippen LogP contribution in [0.4, 0.5) is 0 Å². The van der Waals surface area contributed by atoms with E-state index in [0.29, 0.717) is 41.4 Å². The van der Waals surface area contributed by atoms with E-state index in [4.69, 9.17) is 14.2 Å². The van der Waals surface area contributed by atoms with Crippen LogP contribution in [0.3, 0.4) is 0 Å². The molecule has 3 rings (SSSR count). The number of carbonyl (C=O) groups is 2. The number of hydrogen-bond donors (Lipinski definition) is 1. The third-order valence-electron chi connectivity index (χ3n) is 4.17. The molecule has 0 spiro atoms. The number of pyridine rings is 1. The molecule has 32 heavy (non-hydrogen) atoms. The predicted octanol–water partition coefficient (Wildman–Crippen LogP) is 3.86. The Morgan fingerprint density at radius 1 is 0.969 bits per heavy atom. The van der Waals surface area contributed by atoms with Crippen molar-refractivity contribution in [2.75, 3.05) is 13.2 Å². The van der Waals surface area contributed by atoms with E-state index in [1.54, 1.807) is 60.8 Å². The minimum absolute atomic E-state index is 0.280. The van der Waals surface area contributed by atoms with E-state index >= 15 is 0 Å². The maximum Gasteiger partial charge on any atom is 0.343 e. The van der Waals surface area contributed by atoms with Crippen molar-refractivity contribution in [2.45, 2.75) is 13.8 Å². The second-order valence-corrected chi connectivity index (χ2v) is 6.43. The molecule has 0 saturated carbocycles. The Morgan fingerprint density at radius 2 is 1.75 bits per heavy atom. The molecular weight excluding hydrogens is 410 g/mol. The molecule has 1 amide bonds. The number of carbonyl (C=O) groups excluding carboxylic acids is 2. The Morgan fingerprint density at radius 3 is 2.44 bits per heavy atom. The highest BCUT2D eigenvalue weighted by atomic mass is 16.6. The fourth-order valence-corrected chi connectivity index (χ4v) is 2.70. The molecular formula is C24H23N3O5. The second kappa shape index (κ2) is 11.3. The van der Waals surface area contributed by atoms with Crippen molar-refractivity contribution in [3.8, 4) is 17.2 Å². The average molecular weight is 433 g/mol. The summed E-state index contributed by atoms with van der Waals surface area (Å²) in [4.78, 5) is 28.4. The highest BCUT2D eigenvalue weighted by Gasteiger charge is 2.13. The number of amides is 1. The maximum absolute atomic E-state index is 12.5. The average Bonchev–Trinajstić information content (AvgIpc) is 2.82. The van der Waals surface area contributed by atoms with E-state index in [1.165, 1.54) is 12.4 Å². The molecule has 2 aromatic carbocycles. The van der Waals surface area contributed by atoms with Crippen molar-refractivity contribution < 1.29 is 23.8 Å². The first-order valence-corrected chi connectivity index (χ1v) is 10.1. The van der Waals surface area contributed by atoms with Crippen molar-refractivity contribution in [1.82, 2.24) is 10.4 Å². The van der Waals surface area contributed by atoms with Crippen LogP contribution in [-0.4, -0.2) is 36.3 Å². The van der Waals surface area contributed by atoms with E-state index in [2.05, 4.69) is 15.5 Å². The van der Waals surface area contributed by atoms with Crippen LogP contribution >= 0.6 is 0 Å². The topological polar surface area (TPSA) is 99.1 Å². The summed E-state index contributed by atoms with van der Waals surface area (Å²) >= 11 is 0. The van der Waals surface area contributed by atoms with E-state index in [9.17, 15) is 9.59 Å². The van der Waals surface area contributed by atoms with E-state index < -0.39 is 5.97 Å². The largest absolute Gasteiger partial charge is 0.494 e. The van der Waals surface area contributed by atoms with Crippen molar-refractivity contribution in [2.24, 2.45) is 5.10 Å². The van der Waals surface area contributed by atoms with E-state index in [-0.39, 0.29) is 11.7 Å². The number of aromatic nitrogens is 1. The van der Waals surface area contributed by atoms with Crippen LogP contribution in [0.2, 0.25) is 0 Å². The summed E-state index contributed by atoms with van der Waals surface area (Å²) in [7, 11) is 0. The molecule has 164 valence electrons. The summed E-state index contributed by atoms with van der Waals surface area (Å²) in [5, 5.41) is 3.95. The van der Waals surface area contributed by atoms with Gasteiger partial charge in [0.2, 0.25) is 0 Å². The lowest BCUT2D eigenvalue weighted by Gasteiger charge is -2.11. The zero-order valence-corrected chi connectivity index (χ0v) is 17.8. The molecule has 0 unspecified atom stereocenters. The van der Waals surface area contributed by atoms with Gasteiger partial charge in [0.05, 0.1) is 30.6 Å². The van der Waals surface area contributed by atoms with Gasteiger partial charge < -0.3 is 14.2 Å². The smallest absolute Gasteiger partial charge is 0.343 e. The van der Waals surface area contributed by atoms with E-state index in [1.807, 2.05) is 13.8 Å². The first kappa shape index (κ1) is 22.5. The van der Waals surface area contributed by atoms with Crippen LogP contribution in [0.5, 0.6) is 17.2 Å². The molecule has 0 bridgehead atoms. The van der Waals surface area contributed by atoms with Crippen LogP contribution in [0, 0.1) is 0 Å². The SMILES string of the molecule is CCOc1ccc(C(=O)Oc2ccc(C=NNC(=O)c3cccnc3)cc2OCC)cc1. The number of hydrazone groups is 1. The van der Waals surface area contributed by atoms with Crippen LogP contribution in [0.1, 0.15) is 40.1 Å². The summed E-state index contributed by atoms with van der Waals surface area (Å²) < 4.78 is 16.5. The van der Waals surface area contributed by atoms with Gasteiger partial charge in [-0.25, -0.2) is 10.2 Å². The standard InChI is InChI=1S/C24H23N3O5/c1-3-30-20-10-8-18(9-11-20)24(29)32-21-12-7-17(14-22(21)31-4-2)15-26-27-23(28)19-6-5-13-25-16-19/h5-16H,3-4H2,1-2H3,(H,27,28). The zero-order valence-electron chi connectivity index (χ0n) is 17.8. The summed E-state index contributed by atoms with van der Waals surface area (Å²) in [6.07, 6.45) is 4.50. The Balaban J connectivity index is 1.68. The Bertz CT molecular complexity index is 1080. The third-order valence-corrected chi connectivity index (χ3v) is 4.17. The Labute approximate surface area is 185 Å². The van der Waals surface area contributed by atoms with Gasteiger partial charge in [0.25, 0.3) is 5.91 Å². The highest BCUT2D eigenvalue weighted by Crippen LogP contribution is 2.29. The number of hydrogen-bond acceptors (Lipinski definition) is 7. The lowest BCUT2D eigenvalue weighted by Crippen LogP contribution is -2.17. The molecule has 0 aliphatic rings. The van der Waals surface area contributed by atoms with Gasteiger partial charge in [0.1, 0.15) is 5.75 Å². The molecule has 0 fully saturated rings. The summed E-state index contributed by atoms with van der Waals surface area (Å²) in [5.41, 5.74) is 3.88. The van der Waals surface area contributed by atoms with Gasteiger partial charge in [-0.3, -0.25) is 9.78 Å². The molecule has 1 N–H and O–H groups in total.